The second kappa shape index (κ2) is 4.94. The topological polar surface area (TPSA) is 49.8 Å². The SMILES string of the molecule is CCOC(=O)C1CCCN1CC(C)(C)O. The first-order valence-electron chi connectivity index (χ1n) is 5.57. The van der Waals surface area contributed by atoms with Gasteiger partial charge in [-0.3, -0.25) is 9.69 Å². The van der Waals surface area contributed by atoms with Crippen LogP contribution >= 0.6 is 0 Å². The highest BCUT2D eigenvalue weighted by atomic mass is 16.5. The molecule has 0 aromatic carbocycles. The highest BCUT2D eigenvalue weighted by Gasteiger charge is 2.34. The standard InChI is InChI=1S/C11H21NO3/c1-4-15-10(13)9-6-5-7-12(9)8-11(2,3)14/h9,14H,4-8H2,1-3H3. The van der Waals surface area contributed by atoms with E-state index in [0.29, 0.717) is 13.2 Å². The Kier molecular flexibility index (Phi) is 4.11. The Morgan fingerprint density at radius 3 is 2.80 bits per heavy atom. The lowest BCUT2D eigenvalue weighted by Crippen LogP contribution is -2.45. The summed E-state index contributed by atoms with van der Waals surface area (Å²) in [6.07, 6.45) is 1.84. The van der Waals surface area contributed by atoms with Crippen molar-refractivity contribution >= 4 is 5.97 Å². The number of carbonyl (C=O) groups is 1. The zero-order valence-electron chi connectivity index (χ0n) is 9.82. The Morgan fingerprint density at radius 2 is 2.27 bits per heavy atom. The molecule has 0 spiro atoms. The summed E-state index contributed by atoms with van der Waals surface area (Å²) in [4.78, 5) is 13.6. The average molecular weight is 215 g/mol. The van der Waals surface area contributed by atoms with Crippen molar-refractivity contribution < 1.29 is 14.6 Å². The van der Waals surface area contributed by atoms with E-state index in [9.17, 15) is 9.90 Å². The van der Waals surface area contributed by atoms with Crippen molar-refractivity contribution in [1.82, 2.24) is 4.90 Å². The van der Waals surface area contributed by atoms with Gasteiger partial charge in [0.1, 0.15) is 6.04 Å². The lowest BCUT2D eigenvalue weighted by Gasteiger charge is -2.28. The highest BCUT2D eigenvalue weighted by Crippen LogP contribution is 2.20. The van der Waals surface area contributed by atoms with Crippen molar-refractivity contribution in [3.05, 3.63) is 0 Å². The first-order valence-corrected chi connectivity index (χ1v) is 5.57. The summed E-state index contributed by atoms with van der Waals surface area (Å²) >= 11 is 0. The van der Waals surface area contributed by atoms with Crippen molar-refractivity contribution in [3.8, 4) is 0 Å². The normalized spacial score (nSPS) is 23.1. The number of likely N-dealkylation sites (tertiary alicyclic amines) is 1. The second-order valence-electron chi connectivity index (χ2n) is 4.69. The first kappa shape index (κ1) is 12.5. The Hall–Kier alpha value is -0.610. The fourth-order valence-electron chi connectivity index (χ4n) is 2.02. The van der Waals surface area contributed by atoms with Crippen LogP contribution in [0.5, 0.6) is 0 Å². The molecule has 1 atom stereocenters. The van der Waals surface area contributed by atoms with Crippen LogP contribution in [0.4, 0.5) is 0 Å². The Bertz CT molecular complexity index is 222. The molecule has 1 fully saturated rings. The summed E-state index contributed by atoms with van der Waals surface area (Å²) < 4.78 is 5.01. The molecule has 0 aromatic rings. The van der Waals surface area contributed by atoms with Gasteiger partial charge >= 0.3 is 5.97 Å². The van der Waals surface area contributed by atoms with E-state index in [-0.39, 0.29) is 12.0 Å². The summed E-state index contributed by atoms with van der Waals surface area (Å²) in [5.74, 6) is -0.153. The van der Waals surface area contributed by atoms with Crippen LogP contribution in [0, 0.1) is 0 Å². The van der Waals surface area contributed by atoms with Crippen LogP contribution in [-0.2, 0) is 9.53 Å². The number of hydrogen-bond acceptors (Lipinski definition) is 4. The number of nitrogens with zero attached hydrogens (tertiary/aromatic N) is 1. The predicted octanol–water partition coefficient (Wildman–Crippen LogP) is 0.785. The first-order chi connectivity index (χ1) is 6.94. The maximum absolute atomic E-state index is 11.6. The minimum atomic E-state index is -0.755. The zero-order chi connectivity index (χ0) is 11.5. The fourth-order valence-corrected chi connectivity index (χ4v) is 2.02. The van der Waals surface area contributed by atoms with Gasteiger partial charge in [0.05, 0.1) is 12.2 Å². The third kappa shape index (κ3) is 3.80. The van der Waals surface area contributed by atoms with Gasteiger partial charge < -0.3 is 9.84 Å². The van der Waals surface area contributed by atoms with Gasteiger partial charge in [-0.25, -0.2) is 0 Å². The molecule has 0 bridgehead atoms. The predicted molar refractivity (Wildman–Crippen MR) is 57.5 cm³/mol. The van der Waals surface area contributed by atoms with E-state index >= 15 is 0 Å². The van der Waals surface area contributed by atoms with Crippen molar-refractivity contribution in [2.45, 2.75) is 45.3 Å². The zero-order valence-corrected chi connectivity index (χ0v) is 9.82. The molecule has 1 rings (SSSR count). The van der Waals surface area contributed by atoms with Crippen LogP contribution in [0.15, 0.2) is 0 Å². The van der Waals surface area contributed by atoms with Crippen molar-refractivity contribution in [1.29, 1.82) is 0 Å². The Morgan fingerprint density at radius 1 is 1.60 bits per heavy atom. The number of ether oxygens (including phenoxy) is 1. The fraction of sp³-hybridized carbons (Fsp3) is 0.909. The molecular formula is C11H21NO3. The van der Waals surface area contributed by atoms with Crippen LogP contribution in [-0.4, -0.2) is 47.3 Å². The van der Waals surface area contributed by atoms with E-state index in [1.54, 1.807) is 13.8 Å². The molecule has 1 heterocycles. The molecule has 4 heteroatoms. The van der Waals surface area contributed by atoms with Gasteiger partial charge in [0.2, 0.25) is 0 Å². The Balaban J connectivity index is 2.53. The monoisotopic (exact) mass is 215 g/mol. The summed E-state index contributed by atoms with van der Waals surface area (Å²) in [6, 6.07) is -0.156. The molecule has 0 saturated carbocycles. The van der Waals surface area contributed by atoms with Crippen LogP contribution in [0.2, 0.25) is 0 Å². The molecular weight excluding hydrogens is 194 g/mol. The van der Waals surface area contributed by atoms with Gasteiger partial charge in [0, 0.05) is 6.54 Å². The minimum absolute atomic E-state index is 0.153. The number of aliphatic hydroxyl groups is 1. The summed E-state index contributed by atoms with van der Waals surface area (Å²) in [6.45, 7) is 7.14. The lowest BCUT2D eigenvalue weighted by atomic mass is 10.1. The number of hydrogen-bond donors (Lipinski definition) is 1. The molecule has 0 amide bonds. The van der Waals surface area contributed by atoms with E-state index in [1.807, 2.05) is 11.8 Å². The molecule has 1 saturated heterocycles. The van der Waals surface area contributed by atoms with Crippen molar-refractivity contribution in [2.75, 3.05) is 19.7 Å². The van der Waals surface area contributed by atoms with E-state index in [4.69, 9.17) is 4.74 Å². The summed E-state index contributed by atoms with van der Waals surface area (Å²) in [7, 11) is 0. The molecule has 1 aliphatic rings. The average Bonchev–Trinajstić information content (AvgIpc) is 2.49. The van der Waals surface area contributed by atoms with E-state index in [0.717, 1.165) is 19.4 Å². The second-order valence-corrected chi connectivity index (χ2v) is 4.69. The van der Waals surface area contributed by atoms with Gasteiger partial charge in [-0.1, -0.05) is 0 Å². The van der Waals surface area contributed by atoms with Crippen molar-refractivity contribution in [2.24, 2.45) is 0 Å². The van der Waals surface area contributed by atoms with Crippen LogP contribution in [0.25, 0.3) is 0 Å². The van der Waals surface area contributed by atoms with Crippen LogP contribution in [0.3, 0.4) is 0 Å². The smallest absolute Gasteiger partial charge is 0.323 e. The molecule has 15 heavy (non-hydrogen) atoms. The lowest BCUT2D eigenvalue weighted by molar-refractivity contribution is -0.149. The van der Waals surface area contributed by atoms with Crippen molar-refractivity contribution in [3.63, 3.8) is 0 Å². The number of β-amino-alcohol motifs (C(OH)–C–C–N with tert-alkyl or cyclic N) is 1. The summed E-state index contributed by atoms with van der Waals surface area (Å²) in [5.41, 5.74) is -0.755. The Labute approximate surface area is 91.2 Å². The third-order valence-electron chi connectivity index (χ3n) is 2.51. The molecule has 0 aromatic heterocycles. The van der Waals surface area contributed by atoms with Gasteiger partial charge in [0.15, 0.2) is 0 Å². The third-order valence-corrected chi connectivity index (χ3v) is 2.51. The largest absolute Gasteiger partial charge is 0.465 e. The molecule has 1 N–H and O–H groups in total. The molecule has 4 nitrogen and oxygen atoms in total. The number of esters is 1. The molecule has 1 unspecified atom stereocenters. The van der Waals surface area contributed by atoms with Gasteiger partial charge in [-0.05, 0) is 40.2 Å². The molecule has 88 valence electrons. The maximum Gasteiger partial charge on any atom is 0.323 e. The van der Waals surface area contributed by atoms with Gasteiger partial charge in [-0.2, -0.15) is 0 Å². The number of carbonyl (C=O) groups excluding carboxylic acids is 1. The maximum atomic E-state index is 11.6. The number of rotatable bonds is 4. The minimum Gasteiger partial charge on any atom is -0.465 e. The summed E-state index contributed by atoms with van der Waals surface area (Å²) in [5, 5.41) is 9.71. The van der Waals surface area contributed by atoms with Gasteiger partial charge in [-0.15, -0.1) is 0 Å². The highest BCUT2D eigenvalue weighted by molar-refractivity contribution is 5.76. The van der Waals surface area contributed by atoms with Crippen LogP contribution in [0.1, 0.15) is 33.6 Å². The van der Waals surface area contributed by atoms with E-state index in [2.05, 4.69) is 0 Å². The van der Waals surface area contributed by atoms with E-state index in [1.165, 1.54) is 0 Å². The van der Waals surface area contributed by atoms with Gasteiger partial charge in [0.25, 0.3) is 0 Å². The van der Waals surface area contributed by atoms with Crippen LogP contribution < -0.4 is 0 Å². The van der Waals surface area contributed by atoms with E-state index < -0.39 is 5.60 Å². The quantitative estimate of drug-likeness (QED) is 0.704. The molecule has 1 aliphatic heterocycles. The molecule has 0 radical (unpaired) electrons. The molecule has 0 aliphatic carbocycles.